The summed E-state index contributed by atoms with van der Waals surface area (Å²) in [5.41, 5.74) is 1.24. The molecule has 8 heteroatoms. The molecule has 5 heterocycles. The van der Waals surface area contributed by atoms with E-state index >= 15 is 0 Å². The third-order valence-electron chi connectivity index (χ3n) is 7.32. The predicted octanol–water partition coefficient (Wildman–Crippen LogP) is 1.34. The van der Waals surface area contributed by atoms with Crippen molar-refractivity contribution in [1.82, 2.24) is 29.9 Å². The van der Waals surface area contributed by atoms with Gasteiger partial charge in [-0.1, -0.05) is 6.07 Å². The zero-order valence-corrected chi connectivity index (χ0v) is 18.5. The van der Waals surface area contributed by atoms with Gasteiger partial charge in [-0.3, -0.25) is 19.3 Å². The number of nitrogens with one attached hydrogen (secondary N) is 1. The summed E-state index contributed by atoms with van der Waals surface area (Å²) < 4.78 is 1.81. The summed E-state index contributed by atoms with van der Waals surface area (Å²) in [4.78, 5) is 35.0. The van der Waals surface area contributed by atoms with Gasteiger partial charge in [-0.25, -0.2) is 0 Å². The number of carbonyl (C=O) groups excluding carboxylic acids is 2. The normalized spacial score (nSPS) is 27.8. The van der Waals surface area contributed by atoms with Crippen LogP contribution < -0.4 is 5.32 Å². The number of hydrogen-bond donors (Lipinski definition) is 1. The van der Waals surface area contributed by atoms with E-state index in [0.29, 0.717) is 25.4 Å². The van der Waals surface area contributed by atoms with Gasteiger partial charge in [0.15, 0.2) is 0 Å². The van der Waals surface area contributed by atoms with E-state index in [-0.39, 0.29) is 29.8 Å². The van der Waals surface area contributed by atoms with E-state index in [0.717, 1.165) is 45.3 Å². The molecule has 3 aliphatic heterocycles. The molecule has 2 aromatic heterocycles. The van der Waals surface area contributed by atoms with E-state index in [1.165, 1.54) is 5.56 Å². The van der Waals surface area contributed by atoms with Crippen molar-refractivity contribution in [1.29, 1.82) is 0 Å². The Morgan fingerprint density at radius 3 is 2.88 bits per heavy atom. The lowest BCUT2D eigenvalue weighted by molar-refractivity contribution is -0.160. The Bertz CT molecular complexity index is 918. The molecule has 3 saturated heterocycles. The van der Waals surface area contributed by atoms with Crippen LogP contribution in [0.5, 0.6) is 0 Å². The molecule has 8 nitrogen and oxygen atoms in total. The van der Waals surface area contributed by atoms with Crippen LogP contribution in [0.15, 0.2) is 43.0 Å². The van der Waals surface area contributed by atoms with Gasteiger partial charge in [0.1, 0.15) is 6.04 Å². The number of rotatable bonds is 7. The number of amides is 2. The molecule has 0 aliphatic carbocycles. The summed E-state index contributed by atoms with van der Waals surface area (Å²) >= 11 is 0. The minimum Gasteiger partial charge on any atom is -0.352 e. The van der Waals surface area contributed by atoms with Crippen molar-refractivity contribution in [2.75, 3.05) is 26.2 Å². The summed E-state index contributed by atoms with van der Waals surface area (Å²) in [5, 5.41) is 7.30. The van der Waals surface area contributed by atoms with Crippen LogP contribution in [0.1, 0.15) is 31.2 Å². The summed E-state index contributed by atoms with van der Waals surface area (Å²) in [6.07, 6.45) is 11.9. The average Bonchev–Trinajstić information content (AvgIpc) is 3.33. The van der Waals surface area contributed by atoms with Crippen molar-refractivity contribution in [3.8, 4) is 0 Å². The fourth-order valence-corrected chi connectivity index (χ4v) is 5.94. The van der Waals surface area contributed by atoms with E-state index in [2.05, 4.69) is 26.4 Å². The first-order valence-electron chi connectivity index (χ1n) is 11.9. The third kappa shape index (κ3) is 4.41. The second-order valence-electron chi connectivity index (χ2n) is 9.39. The van der Waals surface area contributed by atoms with E-state index in [1.807, 2.05) is 34.1 Å². The van der Waals surface area contributed by atoms with E-state index in [1.54, 1.807) is 12.4 Å². The van der Waals surface area contributed by atoms with Gasteiger partial charge in [0.25, 0.3) is 0 Å². The van der Waals surface area contributed by atoms with Crippen LogP contribution in [0.2, 0.25) is 0 Å². The van der Waals surface area contributed by atoms with Crippen molar-refractivity contribution in [3.63, 3.8) is 0 Å². The minimum atomic E-state index is -0.358. The maximum absolute atomic E-state index is 13.4. The van der Waals surface area contributed by atoms with Crippen molar-refractivity contribution < 1.29 is 9.59 Å². The van der Waals surface area contributed by atoms with Gasteiger partial charge in [-0.2, -0.15) is 5.10 Å². The molecule has 2 aromatic rings. The molecule has 1 N–H and O–H groups in total. The van der Waals surface area contributed by atoms with E-state index < -0.39 is 0 Å². The Morgan fingerprint density at radius 1 is 1.16 bits per heavy atom. The van der Waals surface area contributed by atoms with Crippen molar-refractivity contribution in [2.24, 2.45) is 11.8 Å². The molecular weight excluding hydrogens is 404 g/mol. The molecular formula is C24H32N6O2. The smallest absolute Gasteiger partial charge is 0.243 e. The van der Waals surface area contributed by atoms with Crippen LogP contribution in [0.4, 0.5) is 0 Å². The number of carbonyl (C=O) groups is 2. The lowest BCUT2D eigenvalue weighted by Gasteiger charge is -2.56. The second-order valence-corrected chi connectivity index (χ2v) is 9.39. The standard InChI is InChI=1S/C24H32N6O2/c31-22-6-1-5-21-19-14-20(17-28(16-19)12-7-18-4-2-8-25-15-18)23(30(21)22)24(32)26-10-13-29-11-3-9-27-29/h2-4,8-9,11,15,19-21,23H,1,5-7,10,12-14,16-17H2,(H,26,32)/t19-,20+,21-,23+/m0/s1. The van der Waals surface area contributed by atoms with Gasteiger partial charge in [-0.05, 0) is 49.3 Å². The SMILES string of the molecule is O=C(NCCn1cccn1)[C@H]1[C@@H]2C[C@@H](CN(CCc3cccnc3)C2)[C@@H]2CCCC(=O)N21. The highest BCUT2D eigenvalue weighted by molar-refractivity contribution is 5.89. The van der Waals surface area contributed by atoms with Gasteiger partial charge in [0, 0.05) is 69.3 Å². The number of piperidine rings is 3. The molecule has 3 fully saturated rings. The Hall–Kier alpha value is -2.74. The van der Waals surface area contributed by atoms with Gasteiger partial charge < -0.3 is 15.1 Å². The largest absolute Gasteiger partial charge is 0.352 e. The van der Waals surface area contributed by atoms with Gasteiger partial charge in [0.05, 0.1) is 6.54 Å². The topological polar surface area (TPSA) is 83.4 Å². The Kier molecular flexibility index (Phi) is 6.21. The molecule has 4 atom stereocenters. The monoisotopic (exact) mass is 436 g/mol. The highest BCUT2D eigenvalue weighted by Gasteiger charge is 2.51. The molecule has 5 rings (SSSR count). The molecule has 0 radical (unpaired) electrons. The quantitative estimate of drug-likeness (QED) is 0.708. The summed E-state index contributed by atoms with van der Waals surface area (Å²) in [6.45, 7) is 3.99. The number of pyridine rings is 1. The van der Waals surface area contributed by atoms with Gasteiger partial charge >= 0.3 is 0 Å². The average molecular weight is 437 g/mol. The minimum absolute atomic E-state index is 0.00466. The van der Waals surface area contributed by atoms with Crippen molar-refractivity contribution >= 4 is 11.8 Å². The summed E-state index contributed by atoms with van der Waals surface area (Å²) in [6, 6.07) is 5.81. The van der Waals surface area contributed by atoms with Crippen LogP contribution in [-0.2, 0) is 22.6 Å². The fourth-order valence-electron chi connectivity index (χ4n) is 5.94. The van der Waals surface area contributed by atoms with Crippen molar-refractivity contribution in [3.05, 3.63) is 48.5 Å². The molecule has 170 valence electrons. The number of fused-ring (bicyclic) bond motifs is 4. The molecule has 2 bridgehead atoms. The molecule has 0 saturated carbocycles. The van der Waals surface area contributed by atoms with Crippen LogP contribution >= 0.6 is 0 Å². The van der Waals surface area contributed by atoms with Gasteiger partial charge in [0.2, 0.25) is 11.8 Å². The second kappa shape index (κ2) is 9.40. The van der Waals surface area contributed by atoms with Crippen molar-refractivity contribution in [2.45, 2.75) is 50.7 Å². The number of likely N-dealkylation sites (tertiary alicyclic amines) is 1. The number of nitrogens with zero attached hydrogens (tertiary/aromatic N) is 5. The lowest BCUT2D eigenvalue weighted by atomic mass is 9.71. The molecule has 2 amide bonds. The summed E-state index contributed by atoms with van der Waals surface area (Å²) in [5.74, 6) is 0.799. The van der Waals surface area contributed by atoms with Crippen LogP contribution in [0, 0.1) is 11.8 Å². The summed E-state index contributed by atoms with van der Waals surface area (Å²) in [7, 11) is 0. The molecule has 0 unspecified atom stereocenters. The van der Waals surface area contributed by atoms with Gasteiger partial charge in [-0.15, -0.1) is 0 Å². The first-order valence-corrected chi connectivity index (χ1v) is 11.9. The fraction of sp³-hybridized carbons (Fsp3) is 0.583. The molecule has 0 aromatic carbocycles. The zero-order valence-electron chi connectivity index (χ0n) is 18.5. The highest BCUT2D eigenvalue weighted by Crippen LogP contribution is 2.41. The molecule has 0 spiro atoms. The predicted molar refractivity (Wildman–Crippen MR) is 119 cm³/mol. The van der Waals surface area contributed by atoms with E-state index in [4.69, 9.17) is 0 Å². The molecule has 3 aliphatic rings. The maximum Gasteiger partial charge on any atom is 0.243 e. The maximum atomic E-state index is 13.4. The first kappa shape index (κ1) is 21.1. The number of hydrogen-bond acceptors (Lipinski definition) is 5. The van der Waals surface area contributed by atoms with Crippen LogP contribution in [0.25, 0.3) is 0 Å². The number of aromatic nitrogens is 3. The highest BCUT2D eigenvalue weighted by atomic mass is 16.2. The first-order chi connectivity index (χ1) is 15.7. The Balaban J connectivity index is 1.28. The lowest BCUT2D eigenvalue weighted by Crippen LogP contribution is -2.68. The Labute approximate surface area is 189 Å². The molecule has 32 heavy (non-hydrogen) atoms. The van der Waals surface area contributed by atoms with Crippen LogP contribution in [-0.4, -0.2) is 74.6 Å². The van der Waals surface area contributed by atoms with Crippen LogP contribution in [0.3, 0.4) is 0 Å². The van der Waals surface area contributed by atoms with E-state index in [9.17, 15) is 9.59 Å². The Morgan fingerprint density at radius 2 is 2.06 bits per heavy atom. The third-order valence-corrected chi connectivity index (χ3v) is 7.32. The zero-order chi connectivity index (χ0) is 21.9.